The molecule has 1 N–H and O–H groups in total. The van der Waals surface area contributed by atoms with Gasteiger partial charge in [-0.15, -0.1) is 0 Å². The number of aryl methyl sites for hydroxylation is 1. The molecule has 0 unspecified atom stereocenters. The van der Waals surface area contributed by atoms with E-state index < -0.39 is 29.1 Å². The van der Waals surface area contributed by atoms with Crippen LogP contribution in [0, 0.1) is 5.92 Å². The van der Waals surface area contributed by atoms with Gasteiger partial charge in [0.25, 0.3) is 5.76 Å². The van der Waals surface area contributed by atoms with E-state index in [2.05, 4.69) is 6.92 Å². The Hall–Kier alpha value is -4.31. The summed E-state index contributed by atoms with van der Waals surface area (Å²) in [5.41, 5.74) is 0.206. The van der Waals surface area contributed by atoms with E-state index in [9.17, 15) is 22.8 Å². The van der Waals surface area contributed by atoms with Gasteiger partial charge in [0, 0.05) is 0 Å². The fourth-order valence-corrected chi connectivity index (χ4v) is 5.56. The van der Waals surface area contributed by atoms with Crippen LogP contribution in [0.4, 0.5) is 13.2 Å². The molecule has 0 bridgehead atoms. The monoisotopic (exact) mass is 624 g/mol. The third-order valence-corrected chi connectivity index (χ3v) is 8.03. The second-order valence-electron chi connectivity index (χ2n) is 11.5. The Kier molecular flexibility index (Phi) is 9.82. The largest absolute Gasteiger partial charge is 0.494 e. The fraction of sp³-hybridized carbons (Fsp3) is 0.371. The van der Waals surface area contributed by atoms with E-state index in [0.29, 0.717) is 18.3 Å². The van der Waals surface area contributed by atoms with Crippen molar-refractivity contribution in [3.63, 3.8) is 0 Å². The van der Waals surface area contributed by atoms with Crippen molar-refractivity contribution >= 4 is 16.9 Å². The molecule has 10 heteroatoms. The minimum absolute atomic E-state index is 0.0314. The van der Waals surface area contributed by atoms with Crippen molar-refractivity contribution in [1.29, 1.82) is 0 Å². The average Bonchev–Trinajstić information content (AvgIpc) is 3.01. The van der Waals surface area contributed by atoms with Gasteiger partial charge in [0.05, 0.1) is 36.2 Å². The smallest absolute Gasteiger partial charge is 0.453 e. The average molecular weight is 625 g/mol. The predicted octanol–water partition coefficient (Wildman–Crippen LogP) is 6.99. The first-order valence-corrected chi connectivity index (χ1v) is 15.3. The number of esters is 1. The summed E-state index contributed by atoms with van der Waals surface area (Å²) < 4.78 is 65.7. The van der Waals surface area contributed by atoms with Gasteiger partial charge < -0.3 is 23.5 Å². The van der Waals surface area contributed by atoms with Crippen LogP contribution >= 0.6 is 0 Å². The summed E-state index contributed by atoms with van der Waals surface area (Å²) in [6, 6.07) is 15.7. The lowest BCUT2D eigenvalue weighted by Gasteiger charge is -2.28. The molecule has 0 radical (unpaired) electrons. The van der Waals surface area contributed by atoms with Crippen molar-refractivity contribution in [2.24, 2.45) is 5.92 Å². The van der Waals surface area contributed by atoms with Crippen molar-refractivity contribution in [3.05, 3.63) is 93.3 Å². The maximum Gasteiger partial charge on any atom is 0.453 e. The molecule has 7 nitrogen and oxygen atoms in total. The predicted molar refractivity (Wildman–Crippen MR) is 163 cm³/mol. The summed E-state index contributed by atoms with van der Waals surface area (Å²) in [5.74, 6) is -1.96. The molecule has 1 aromatic heterocycles. The number of fused-ring (bicyclic) bond motifs is 1. The molecule has 45 heavy (non-hydrogen) atoms. The SMILES string of the molecule is CCCc1ccc(Oc2c(C(F)(F)F)oc3c(C[NH+]4CCC(C)CC4)c(OC(=O)c4ccc(OCC)cc4)ccc3c2=O)cc1. The first kappa shape index (κ1) is 32.1. The second kappa shape index (κ2) is 13.8. The van der Waals surface area contributed by atoms with Crippen molar-refractivity contribution in [3.8, 4) is 23.0 Å². The molecule has 1 aliphatic heterocycles. The van der Waals surface area contributed by atoms with Gasteiger partial charge in [0.2, 0.25) is 11.2 Å². The zero-order valence-corrected chi connectivity index (χ0v) is 25.6. The number of likely N-dealkylation sites (tertiary alicyclic amines) is 1. The van der Waals surface area contributed by atoms with E-state index in [1.165, 1.54) is 24.3 Å². The molecule has 0 amide bonds. The highest BCUT2D eigenvalue weighted by molar-refractivity contribution is 5.92. The number of piperidine rings is 1. The van der Waals surface area contributed by atoms with Crippen LogP contribution in [0.2, 0.25) is 0 Å². The Morgan fingerprint density at radius 1 is 0.956 bits per heavy atom. The summed E-state index contributed by atoms with van der Waals surface area (Å²) in [6.07, 6.45) is -1.45. The van der Waals surface area contributed by atoms with E-state index in [0.717, 1.165) is 49.2 Å². The summed E-state index contributed by atoms with van der Waals surface area (Å²) in [4.78, 5) is 27.9. The van der Waals surface area contributed by atoms with Gasteiger partial charge in [-0.3, -0.25) is 4.79 Å². The van der Waals surface area contributed by atoms with Crippen LogP contribution in [0.1, 0.15) is 67.3 Å². The third kappa shape index (κ3) is 7.50. The number of nitrogens with one attached hydrogen (secondary N) is 1. The van der Waals surface area contributed by atoms with Crippen molar-refractivity contribution in [2.75, 3.05) is 19.7 Å². The van der Waals surface area contributed by atoms with Crippen LogP contribution in [0.3, 0.4) is 0 Å². The maximum absolute atomic E-state index is 14.5. The van der Waals surface area contributed by atoms with Gasteiger partial charge in [-0.05, 0) is 86.2 Å². The number of alkyl halides is 3. The number of hydrogen-bond acceptors (Lipinski definition) is 6. The number of quaternary nitrogens is 1. The molecule has 2 heterocycles. The molecule has 0 atom stereocenters. The molecule has 1 fully saturated rings. The molecule has 1 aliphatic rings. The first-order valence-electron chi connectivity index (χ1n) is 15.3. The second-order valence-corrected chi connectivity index (χ2v) is 11.5. The number of hydrogen-bond donors (Lipinski definition) is 1. The molecule has 5 rings (SSSR count). The molecule has 0 saturated carbocycles. The van der Waals surface area contributed by atoms with Crippen LogP contribution < -0.4 is 24.5 Å². The molecular formula is C35H37F3NO6+. The summed E-state index contributed by atoms with van der Waals surface area (Å²) in [7, 11) is 0. The van der Waals surface area contributed by atoms with Crippen LogP contribution in [0.25, 0.3) is 11.0 Å². The highest BCUT2D eigenvalue weighted by atomic mass is 19.4. The normalized spacial score (nSPS) is 16.8. The Morgan fingerprint density at radius 2 is 1.62 bits per heavy atom. The number of benzene rings is 3. The lowest BCUT2D eigenvalue weighted by Crippen LogP contribution is -3.11. The molecule has 0 spiro atoms. The third-order valence-electron chi connectivity index (χ3n) is 8.03. The molecular weight excluding hydrogens is 587 g/mol. The van der Waals surface area contributed by atoms with Crippen LogP contribution in [-0.2, 0) is 19.1 Å². The van der Waals surface area contributed by atoms with Crippen molar-refractivity contribution in [1.82, 2.24) is 0 Å². The van der Waals surface area contributed by atoms with E-state index in [1.807, 2.05) is 13.8 Å². The highest BCUT2D eigenvalue weighted by Gasteiger charge is 2.41. The number of rotatable bonds is 10. The zero-order valence-electron chi connectivity index (χ0n) is 25.6. The summed E-state index contributed by atoms with van der Waals surface area (Å²) in [6.45, 7) is 8.24. The van der Waals surface area contributed by atoms with E-state index >= 15 is 0 Å². The summed E-state index contributed by atoms with van der Waals surface area (Å²) in [5, 5.41) is -0.0961. The molecule has 0 aliphatic carbocycles. The number of halogens is 3. The highest BCUT2D eigenvalue weighted by Crippen LogP contribution is 2.40. The first-order chi connectivity index (χ1) is 21.6. The molecule has 4 aromatic rings. The van der Waals surface area contributed by atoms with E-state index in [4.69, 9.17) is 18.6 Å². The molecule has 3 aromatic carbocycles. The Morgan fingerprint density at radius 3 is 2.24 bits per heavy atom. The van der Waals surface area contributed by atoms with Crippen LogP contribution in [0.15, 0.2) is 69.9 Å². The lowest BCUT2D eigenvalue weighted by atomic mass is 9.98. The van der Waals surface area contributed by atoms with E-state index in [-0.39, 0.29) is 40.1 Å². The Labute approximate surface area is 259 Å². The maximum atomic E-state index is 14.5. The Balaban J connectivity index is 1.59. The molecule has 1 saturated heterocycles. The van der Waals surface area contributed by atoms with Crippen molar-refractivity contribution < 1.29 is 41.5 Å². The van der Waals surface area contributed by atoms with Gasteiger partial charge in [-0.1, -0.05) is 32.4 Å². The quantitative estimate of drug-likeness (QED) is 0.151. The van der Waals surface area contributed by atoms with Crippen LogP contribution in [0.5, 0.6) is 23.0 Å². The zero-order chi connectivity index (χ0) is 32.1. The van der Waals surface area contributed by atoms with E-state index in [1.54, 1.807) is 36.4 Å². The fourth-order valence-electron chi connectivity index (χ4n) is 5.56. The van der Waals surface area contributed by atoms with Gasteiger partial charge in [-0.25, -0.2) is 4.79 Å². The Bertz CT molecular complexity index is 1690. The van der Waals surface area contributed by atoms with Gasteiger partial charge in [0.15, 0.2) is 5.58 Å². The van der Waals surface area contributed by atoms with Crippen molar-refractivity contribution in [2.45, 2.75) is 59.2 Å². The minimum Gasteiger partial charge on any atom is -0.494 e. The standard InChI is InChI=1S/C35H36F3NO6/c1-4-6-23-7-11-26(12-8-23)43-32-30(40)27-15-16-29(44-34(41)24-9-13-25(14-10-24)42-5-2)28(21-39-19-17-22(3)18-20-39)31(27)45-33(32)35(36,37)38/h7-16,22H,4-6,17-21H2,1-3H3/p+1. The van der Waals surface area contributed by atoms with Gasteiger partial charge in [0.1, 0.15) is 23.8 Å². The number of carbonyl (C=O) groups excluding carboxylic acids is 1. The summed E-state index contributed by atoms with van der Waals surface area (Å²) >= 11 is 0. The number of ether oxygens (including phenoxy) is 3. The van der Waals surface area contributed by atoms with Gasteiger partial charge in [-0.2, -0.15) is 13.2 Å². The topological polar surface area (TPSA) is 79.4 Å². The lowest BCUT2D eigenvalue weighted by molar-refractivity contribution is -0.919. The minimum atomic E-state index is -5.04. The van der Waals surface area contributed by atoms with Crippen LogP contribution in [-0.4, -0.2) is 25.7 Å². The van der Waals surface area contributed by atoms with Gasteiger partial charge >= 0.3 is 12.1 Å². The number of carbonyl (C=O) groups is 1. The molecule has 238 valence electrons.